The highest BCUT2D eigenvalue weighted by molar-refractivity contribution is 5.71. The second-order valence-corrected chi connectivity index (χ2v) is 3.86. The van der Waals surface area contributed by atoms with E-state index >= 15 is 0 Å². The van der Waals surface area contributed by atoms with E-state index in [1.54, 1.807) is 18.2 Å². The molecule has 0 aliphatic heterocycles. The SMILES string of the molecule is O=C(O)Cc1ccc(-c2ccccc2F)cc1F. The van der Waals surface area contributed by atoms with Gasteiger partial charge in [0.15, 0.2) is 0 Å². The minimum absolute atomic E-state index is 0.0857. The van der Waals surface area contributed by atoms with Gasteiger partial charge in [0.25, 0.3) is 0 Å². The highest BCUT2D eigenvalue weighted by Gasteiger charge is 2.10. The van der Waals surface area contributed by atoms with Crippen molar-refractivity contribution in [3.63, 3.8) is 0 Å². The van der Waals surface area contributed by atoms with Gasteiger partial charge in [-0.15, -0.1) is 0 Å². The Morgan fingerprint density at radius 3 is 2.39 bits per heavy atom. The molecule has 0 aromatic heterocycles. The van der Waals surface area contributed by atoms with E-state index in [2.05, 4.69) is 0 Å². The predicted octanol–water partition coefficient (Wildman–Crippen LogP) is 3.26. The Hall–Kier alpha value is -2.23. The predicted molar refractivity (Wildman–Crippen MR) is 63.1 cm³/mol. The topological polar surface area (TPSA) is 37.3 Å². The highest BCUT2D eigenvalue weighted by Crippen LogP contribution is 2.24. The molecule has 0 unspecified atom stereocenters. The molecular weight excluding hydrogens is 238 g/mol. The quantitative estimate of drug-likeness (QED) is 0.905. The van der Waals surface area contributed by atoms with Crippen molar-refractivity contribution in [3.8, 4) is 11.1 Å². The molecule has 1 N–H and O–H groups in total. The van der Waals surface area contributed by atoms with E-state index in [4.69, 9.17) is 5.11 Å². The lowest BCUT2D eigenvalue weighted by atomic mass is 10.0. The van der Waals surface area contributed by atoms with Gasteiger partial charge in [-0.3, -0.25) is 4.79 Å². The monoisotopic (exact) mass is 248 g/mol. The van der Waals surface area contributed by atoms with Gasteiger partial charge in [-0.1, -0.05) is 30.3 Å². The molecule has 2 nitrogen and oxygen atoms in total. The Kier molecular flexibility index (Phi) is 3.37. The molecule has 0 saturated carbocycles. The zero-order valence-corrected chi connectivity index (χ0v) is 9.36. The summed E-state index contributed by atoms with van der Waals surface area (Å²) in [6.07, 6.45) is -0.386. The third kappa shape index (κ3) is 2.53. The van der Waals surface area contributed by atoms with Gasteiger partial charge in [-0.25, -0.2) is 8.78 Å². The maximum atomic E-state index is 13.6. The number of hydrogen-bond donors (Lipinski definition) is 1. The van der Waals surface area contributed by atoms with Crippen LogP contribution in [-0.4, -0.2) is 11.1 Å². The summed E-state index contributed by atoms with van der Waals surface area (Å²) in [6, 6.07) is 10.1. The number of hydrogen-bond acceptors (Lipinski definition) is 1. The van der Waals surface area contributed by atoms with Crippen molar-refractivity contribution in [3.05, 3.63) is 59.7 Å². The first-order valence-electron chi connectivity index (χ1n) is 5.33. The largest absolute Gasteiger partial charge is 0.481 e. The molecule has 0 saturated heterocycles. The van der Waals surface area contributed by atoms with Crippen LogP contribution in [0.5, 0.6) is 0 Å². The molecule has 0 spiro atoms. The second kappa shape index (κ2) is 4.96. The van der Waals surface area contributed by atoms with Crippen molar-refractivity contribution in [1.29, 1.82) is 0 Å². The van der Waals surface area contributed by atoms with Crippen molar-refractivity contribution in [2.75, 3.05) is 0 Å². The molecule has 18 heavy (non-hydrogen) atoms. The van der Waals surface area contributed by atoms with Crippen LogP contribution in [0.4, 0.5) is 8.78 Å². The lowest BCUT2D eigenvalue weighted by molar-refractivity contribution is -0.136. The summed E-state index contributed by atoms with van der Waals surface area (Å²) in [5, 5.41) is 8.60. The van der Waals surface area contributed by atoms with E-state index in [9.17, 15) is 13.6 Å². The van der Waals surface area contributed by atoms with Gasteiger partial charge in [-0.2, -0.15) is 0 Å². The minimum Gasteiger partial charge on any atom is -0.481 e. The number of carboxylic acid groups (broad SMARTS) is 1. The van der Waals surface area contributed by atoms with E-state index < -0.39 is 17.6 Å². The van der Waals surface area contributed by atoms with Gasteiger partial charge in [0.2, 0.25) is 0 Å². The van der Waals surface area contributed by atoms with Crippen LogP contribution in [0.1, 0.15) is 5.56 Å². The number of carboxylic acids is 1. The fourth-order valence-electron chi connectivity index (χ4n) is 1.72. The zero-order chi connectivity index (χ0) is 13.1. The first kappa shape index (κ1) is 12.2. The molecule has 0 aliphatic rings. The average molecular weight is 248 g/mol. The van der Waals surface area contributed by atoms with Gasteiger partial charge in [0.1, 0.15) is 11.6 Å². The van der Waals surface area contributed by atoms with E-state index in [0.29, 0.717) is 11.1 Å². The molecule has 0 atom stereocenters. The van der Waals surface area contributed by atoms with Crippen molar-refractivity contribution < 1.29 is 18.7 Å². The summed E-state index contributed by atoms with van der Waals surface area (Å²) >= 11 is 0. The molecule has 0 amide bonds. The number of halogens is 2. The maximum Gasteiger partial charge on any atom is 0.307 e. The van der Waals surface area contributed by atoms with Crippen LogP contribution in [-0.2, 0) is 11.2 Å². The van der Waals surface area contributed by atoms with Crippen LogP contribution in [0.25, 0.3) is 11.1 Å². The Morgan fingerprint density at radius 1 is 1.06 bits per heavy atom. The molecule has 2 rings (SSSR count). The molecule has 2 aromatic rings. The smallest absolute Gasteiger partial charge is 0.307 e. The normalized spacial score (nSPS) is 10.3. The van der Waals surface area contributed by atoms with Crippen LogP contribution in [0, 0.1) is 11.6 Å². The molecule has 4 heteroatoms. The van der Waals surface area contributed by atoms with E-state index in [0.717, 1.165) is 6.07 Å². The Labute approximate surface area is 103 Å². The van der Waals surface area contributed by atoms with Crippen LogP contribution in [0.15, 0.2) is 42.5 Å². The number of benzene rings is 2. The van der Waals surface area contributed by atoms with Gasteiger partial charge < -0.3 is 5.11 Å². The number of rotatable bonds is 3. The maximum absolute atomic E-state index is 13.6. The van der Waals surface area contributed by atoms with Crippen LogP contribution in [0.3, 0.4) is 0 Å². The summed E-state index contributed by atoms with van der Waals surface area (Å²) in [6.45, 7) is 0. The molecule has 0 radical (unpaired) electrons. The average Bonchev–Trinajstić information content (AvgIpc) is 2.32. The van der Waals surface area contributed by atoms with Crippen molar-refractivity contribution >= 4 is 5.97 Å². The Morgan fingerprint density at radius 2 is 1.78 bits per heavy atom. The van der Waals surface area contributed by atoms with Gasteiger partial charge >= 0.3 is 5.97 Å². The first-order chi connectivity index (χ1) is 8.58. The zero-order valence-electron chi connectivity index (χ0n) is 9.36. The third-order valence-electron chi connectivity index (χ3n) is 2.58. The standard InChI is InChI=1S/C14H10F2O2/c15-12-4-2-1-3-11(12)9-5-6-10(8-14(17)18)13(16)7-9/h1-7H,8H2,(H,17,18). The van der Waals surface area contributed by atoms with E-state index in [1.165, 1.54) is 18.2 Å². The van der Waals surface area contributed by atoms with E-state index in [1.807, 2.05) is 0 Å². The molecule has 0 fully saturated rings. The molecule has 0 heterocycles. The summed E-state index contributed by atoms with van der Waals surface area (Å²) in [7, 11) is 0. The van der Waals surface area contributed by atoms with Crippen LogP contribution >= 0.6 is 0 Å². The van der Waals surface area contributed by atoms with Crippen molar-refractivity contribution in [1.82, 2.24) is 0 Å². The summed E-state index contributed by atoms with van der Waals surface area (Å²) in [5.74, 6) is -2.19. The fourth-order valence-corrected chi connectivity index (χ4v) is 1.72. The summed E-state index contributed by atoms with van der Waals surface area (Å²) < 4.78 is 27.1. The van der Waals surface area contributed by atoms with Crippen LogP contribution in [0.2, 0.25) is 0 Å². The Balaban J connectivity index is 2.40. The number of aliphatic carboxylic acids is 1. The van der Waals surface area contributed by atoms with Crippen molar-refractivity contribution in [2.24, 2.45) is 0 Å². The van der Waals surface area contributed by atoms with E-state index in [-0.39, 0.29) is 12.0 Å². The van der Waals surface area contributed by atoms with Crippen molar-refractivity contribution in [2.45, 2.75) is 6.42 Å². The Bertz CT molecular complexity index is 594. The molecule has 0 aliphatic carbocycles. The molecule has 2 aromatic carbocycles. The third-order valence-corrected chi connectivity index (χ3v) is 2.58. The van der Waals surface area contributed by atoms with Gasteiger partial charge in [0.05, 0.1) is 6.42 Å². The second-order valence-electron chi connectivity index (χ2n) is 3.86. The highest BCUT2D eigenvalue weighted by atomic mass is 19.1. The lowest BCUT2D eigenvalue weighted by Gasteiger charge is -2.06. The molecule has 0 bridgehead atoms. The fraction of sp³-hybridized carbons (Fsp3) is 0.0714. The summed E-state index contributed by atoms with van der Waals surface area (Å²) in [5.41, 5.74) is 0.764. The number of carbonyl (C=O) groups is 1. The molecule has 92 valence electrons. The molecular formula is C14H10F2O2. The lowest BCUT2D eigenvalue weighted by Crippen LogP contribution is -2.02. The van der Waals surface area contributed by atoms with Crippen LogP contribution < -0.4 is 0 Å². The summed E-state index contributed by atoms with van der Waals surface area (Å²) in [4.78, 5) is 10.5. The van der Waals surface area contributed by atoms with Gasteiger partial charge in [-0.05, 0) is 23.3 Å². The first-order valence-corrected chi connectivity index (χ1v) is 5.33. The van der Waals surface area contributed by atoms with Gasteiger partial charge in [0, 0.05) is 5.56 Å². The minimum atomic E-state index is -1.10.